The summed E-state index contributed by atoms with van der Waals surface area (Å²) in [5, 5.41) is 9.03. The van der Waals surface area contributed by atoms with E-state index in [-0.39, 0.29) is 29.7 Å². The van der Waals surface area contributed by atoms with Crippen molar-refractivity contribution in [3.05, 3.63) is 0 Å². The van der Waals surface area contributed by atoms with Crippen LogP contribution in [0.25, 0.3) is 0 Å². The lowest BCUT2D eigenvalue weighted by molar-refractivity contribution is -0.142. The molecule has 5 heteroatoms. The number of carbonyl (C=O) groups excluding carboxylic acids is 1. The monoisotopic (exact) mass is 256 g/mol. The molecule has 1 rings (SSSR count). The maximum Gasteiger partial charge on any atom is 0.308 e. The first-order valence-electron chi connectivity index (χ1n) is 6.39. The molecular weight excluding hydrogens is 232 g/mol. The molecule has 1 unspecified atom stereocenters. The third kappa shape index (κ3) is 3.45. The van der Waals surface area contributed by atoms with Crippen LogP contribution in [0.4, 0.5) is 0 Å². The number of hydrogen-bond donors (Lipinski definition) is 2. The first kappa shape index (κ1) is 15.0. The number of carboxylic acids is 1. The van der Waals surface area contributed by atoms with E-state index >= 15 is 0 Å². The quantitative estimate of drug-likeness (QED) is 0.786. The van der Waals surface area contributed by atoms with Crippen LogP contribution >= 0.6 is 0 Å². The molecule has 1 aliphatic rings. The minimum atomic E-state index is -0.821. The highest BCUT2D eigenvalue weighted by Gasteiger charge is 2.37. The molecule has 18 heavy (non-hydrogen) atoms. The van der Waals surface area contributed by atoms with Crippen molar-refractivity contribution in [1.82, 2.24) is 4.90 Å². The molecule has 1 heterocycles. The van der Waals surface area contributed by atoms with E-state index in [2.05, 4.69) is 0 Å². The number of rotatable bonds is 3. The molecule has 3 atom stereocenters. The van der Waals surface area contributed by atoms with Gasteiger partial charge in [0.15, 0.2) is 0 Å². The van der Waals surface area contributed by atoms with Gasteiger partial charge < -0.3 is 15.7 Å². The Morgan fingerprint density at radius 1 is 1.39 bits per heavy atom. The Morgan fingerprint density at radius 2 is 1.94 bits per heavy atom. The van der Waals surface area contributed by atoms with E-state index in [1.54, 1.807) is 4.90 Å². The van der Waals surface area contributed by atoms with Crippen molar-refractivity contribution in [3.63, 3.8) is 0 Å². The van der Waals surface area contributed by atoms with Crippen LogP contribution < -0.4 is 5.73 Å². The van der Waals surface area contributed by atoms with Gasteiger partial charge in [-0.2, -0.15) is 0 Å². The largest absolute Gasteiger partial charge is 0.481 e. The van der Waals surface area contributed by atoms with E-state index < -0.39 is 11.9 Å². The zero-order chi connectivity index (χ0) is 14.1. The van der Waals surface area contributed by atoms with E-state index in [4.69, 9.17) is 10.8 Å². The van der Waals surface area contributed by atoms with Crippen LogP contribution in [0.1, 0.15) is 34.1 Å². The fourth-order valence-electron chi connectivity index (χ4n) is 2.12. The second-order valence-electron chi connectivity index (χ2n) is 6.40. The van der Waals surface area contributed by atoms with Crippen molar-refractivity contribution in [1.29, 1.82) is 0 Å². The first-order valence-corrected chi connectivity index (χ1v) is 6.39. The molecule has 0 aromatic carbocycles. The van der Waals surface area contributed by atoms with Crippen LogP contribution in [-0.4, -0.2) is 41.0 Å². The van der Waals surface area contributed by atoms with E-state index in [0.717, 1.165) is 0 Å². The van der Waals surface area contributed by atoms with Crippen molar-refractivity contribution in [2.75, 3.05) is 13.1 Å². The van der Waals surface area contributed by atoms with E-state index in [1.165, 1.54) is 0 Å². The standard InChI is InChI=1S/C13H24N2O3/c1-8-6-15(7-9(8)12(17)18)11(16)5-10(14)13(2,3)4/h8-10H,5-7,14H2,1-4H3,(H,17,18)/t8-,9-,10?/m1/s1. The Labute approximate surface area is 108 Å². The van der Waals surface area contributed by atoms with Crippen LogP contribution in [0.3, 0.4) is 0 Å². The van der Waals surface area contributed by atoms with Crippen LogP contribution in [-0.2, 0) is 9.59 Å². The number of nitrogens with two attached hydrogens (primary N) is 1. The summed E-state index contributed by atoms with van der Waals surface area (Å²) in [5.41, 5.74) is 5.87. The lowest BCUT2D eigenvalue weighted by Gasteiger charge is -2.28. The number of carboxylic acid groups (broad SMARTS) is 1. The zero-order valence-electron chi connectivity index (χ0n) is 11.6. The molecule has 1 amide bonds. The lowest BCUT2D eigenvalue weighted by atomic mass is 9.85. The number of nitrogens with zero attached hydrogens (tertiary/aromatic N) is 1. The Hall–Kier alpha value is -1.10. The summed E-state index contributed by atoms with van der Waals surface area (Å²) in [4.78, 5) is 24.7. The molecule has 0 bridgehead atoms. The van der Waals surface area contributed by atoms with Crippen LogP contribution in [0.15, 0.2) is 0 Å². The summed E-state index contributed by atoms with van der Waals surface area (Å²) in [6.07, 6.45) is 0.280. The maximum atomic E-state index is 12.1. The van der Waals surface area contributed by atoms with Gasteiger partial charge in [0.1, 0.15) is 0 Å². The zero-order valence-corrected chi connectivity index (χ0v) is 11.6. The highest BCUT2D eigenvalue weighted by Crippen LogP contribution is 2.26. The van der Waals surface area contributed by atoms with Crippen molar-refractivity contribution in [2.45, 2.75) is 40.2 Å². The van der Waals surface area contributed by atoms with Gasteiger partial charge in [-0.05, 0) is 11.3 Å². The van der Waals surface area contributed by atoms with Gasteiger partial charge in [0.05, 0.1) is 5.92 Å². The Bertz CT molecular complexity index is 336. The SMILES string of the molecule is C[C@@H]1CN(C(=O)CC(N)C(C)(C)C)C[C@H]1C(=O)O. The fraction of sp³-hybridized carbons (Fsp3) is 0.846. The van der Waals surface area contributed by atoms with Gasteiger partial charge in [0.25, 0.3) is 0 Å². The molecule has 0 aliphatic carbocycles. The minimum Gasteiger partial charge on any atom is -0.481 e. The van der Waals surface area contributed by atoms with Crippen molar-refractivity contribution in [2.24, 2.45) is 23.0 Å². The predicted molar refractivity (Wildman–Crippen MR) is 68.9 cm³/mol. The average molecular weight is 256 g/mol. The number of likely N-dealkylation sites (tertiary alicyclic amines) is 1. The van der Waals surface area contributed by atoms with Crippen molar-refractivity contribution >= 4 is 11.9 Å². The van der Waals surface area contributed by atoms with Crippen LogP contribution in [0.5, 0.6) is 0 Å². The fourth-order valence-corrected chi connectivity index (χ4v) is 2.12. The molecule has 0 spiro atoms. The van der Waals surface area contributed by atoms with Crippen molar-refractivity contribution < 1.29 is 14.7 Å². The first-order chi connectivity index (χ1) is 8.12. The highest BCUT2D eigenvalue weighted by molar-refractivity contribution is 5.79. The number of carbonyl (C=O) groups is 2. The summed E-state index contributed by atoms with van der Waals surface area (Å²) in [6, 6.07) is -0.204. The normalized spacial score (nSPS) is 26.2. The third-order valence-corrected chi connectivity index (χ3v) is 3.79. The van der Waals surface area contributed by atoms with Crippen molar-refractivity contribution in [3.8, 4) is 0 Å². The third-order valence-electron chi connectivity index (χ3n) is 3.79. The molecule has 3 N–H and O–H groups in total. The second kappa shape index (κ2) is 5.26. The number of amides is 1. The molecule has 0 radical (unpaired) electrons. The van der Waals surface area contributed by atoms with E-state index in [9.17, 15) is 9.59 Å². The molecular formula is C13H24N2O3. The molecule has 0 aromatic rings. The molecule has 1 aliphatic heterocycles. The predicted octanol–water partition coefficient (Wildman–Crippen LogP) is 0.929. The summed E-state index contributed by atoms with van der Waals surface area (Å²) in [6.45, 7) is 8.70. The average Bonchev–Trinajstić information content (AvgIpc) is 2.58. The van der Waals surface area contributed by atoms with Gasteiger partial charge in [-0.1, -0.05) is 27.7 Å². The molecule has 1 fully saturated rings. The Balaban J connectivity index is 2.57. The highest BCUT2D eigenvalue weighted by atomic mass is 16.4. The smallest absolute Gasteiger partial charge is 0.308 e. The van der Waals surface area contributed by atoms with Gasteiger partial charge >= 0.3 is 5.97 Å². The maximum absolute atomic E-state index is 12.1. The minimum absolute atomic E-state index is 0.0114. The second-order valence-corrected chi connectivity index (χ2v) is 6.40. The summed E-state index contributed by atoms with van der Waals surface area (Å²) < 4.78 is 0. The Morgan fingerprint density at radius 3 is 2.33 bits per heavy atom. The summed E-state index contributed by atoms with van der Waals surface area (Å²) in [7, 11) is 0. The molecule has 5 nitrogen and oxygen atoms in total. The molecule has 0 saturated carbocycles. The Kier molecular flexibility index (Phi) is 4.37. The van der Waals surface area contributed by atoms with Gasteiger partial charge in [-0.25, -0.2) is 0 Å². The summed E-state index contributed by atoms with van der Waals surface area (Å²) in [5.74, 6) is -1.29. The molecule has 0 aromatic heterocycles. The number of aliphatic carboxylic acids is 1. The van der Waals surface area contributed by atoms with Crippen LogP contribution in [0.2, 0.25) is 0 Å². The van der Waals surface area contributed by atoms with Crippen LogP contribution in [0, 0.1) is 17.3 Å². The topological polar surface area (TPSA) is 83.6 Å². The van der Waals surface area contributed by atoms with E-state index in [0.29, 0.717) is 13.1 Å². The van der Waals surface area contributed by atoms with E-state index in [1.807, 2.05) is 27.7 Å². The van der Waals surface area contributed by atoms with Gasteiger partial charge in [0.2, 0.25) is 5.91 Å². The van der Waals surface area contributed by atoms with Gasteiger partial charge in [0, 0.05) is 25.6 Å². The molecule has 104 valence electrons. The summed E-state index contributed by atoms with van der Waals surface area (Å²) >= 11 is 0. The number of hydrogen-bond acceptors (Lipinski definition) is 3. The lowest BCUT2D eigenvalue weighted by Crippen LogP contribution is -2.41. The molecule has 1 saturated heterocycles. The van der Waals surface area contributed by atoms with Gasteiger partial charge in [-0.3, -0.25) is 9.59 Å². The van der Waals surface area contributed by atoms with Gasteiger partial charge in [-0.15, -0.1) is 0 Å².